The van der Waals surface area contributed by atoms with Gasteiger partial charge in [0.2, 0.25) is 0 Å². The van der Waals surface area contributed by atoms with E-state index in [2.05, 4.69) is 38.1 Å². The van der Waals surface area contributed by atoms with Gasteiger partial charge in [-0.15, -0.1) is 0 Å². The van der Waals surface area contributed by atoms with Crippen molar-refractivity contribution in [3.05, 3.63) is 70.3 Å². The first-order valence-electron chi connectivity index (χ1n) is 9.42. The number of benzene rings is 2. The number of carbonyl (C=O) groups excluding carboxylic acids is 1. The fourth-order valence-electron chi connectivity index (χ4n) is 4.88. The topological polar surface area (TPSA) is 51.1 Å². The van der Waals surface area contributed by atoms with E-state index < -0.39 is 0 Å². The molecule has 0 unspecified atom stereocenters. The summed E-state index contributed by atoms with van der Waals surface area (Å²) in [5, 5.41) is 5.96. The second-order valence-electron chi connectivity index (χ2n) is 7.79. The summed E-state index contributed by atoms with van der Waals surface area (Å²) in [5.41, 5.74) is 6.41. The molecule has 1 aliphatic carbocycles. The van der Waals surface area contributed by atoms with Gasteiger partial charge in [-0.05, 0) is 44.0 Å². The first kappa shape index (κ1) is 16.5. The van der Waals surface area contributed by atoms with E-state index in [-0.39, 0.29) is 30.1 Å². The van der Waals surface area contributed by atoms with Crippen LogP contribution in [0.3, 0.4) is 0 Å². The number of nitrogens with zero attached hydrogens (tertiary/aromatic N) is 2. The van der Waals surface area contributed by atoms with Crippen molar-refractivity contribution in [2.24, 2.45) is 11.1 Å². The molecule has 0 spiro atoms. The molecular formula is C22H22N2O3. The van der Waals surface area contributed by atoms with Gasteiger partial charge < -0.3 is 4.84 Å². The van der Waals surface area contributed by atoms with Gasteiger partial charge in [0.25, 0.3) is 5.91 Å². The molecule has 0 radical (unpaired) electrons. The summed E-state index contributed by atoms with van der Waals surface area (Å²) in [6.45, 7) is 6.34. The standard InChI is InChI=1S/C22H22N2O3/c1-12-9-13(2)18(14(3)10-12)20-19-17-11-16(21(19)26-23-20)24(27-17)22(25)15-7-5-4-6-8-15/h4-10,16-17,19,21H,11H2,1-3H3/t16-,17+,19+,21+/m1/s1. The lowest BCUT2D eigenvalue weighted by atomic mass is 9.86. The Bertz CT molecular complexity index is 930. The van der Waals surface area contributed by atoms with Gasteiger partial charge in [0.15, 0.2) is 6.10 Å². The summed E-state index contributed by atoms with van der Waals surface area (Å²) in [4.78, 5) is 24.7. The Morgan fingerprint density at radius 3 is 2.52 bits per heavy atom. The van der Waals surface area contributed by atoms with E-state index in [1.807, 2.05) is 30.3 Å². The minimum Gasteiger partial charge on any atom is -0.389 e. The first-order chi connectivity index (χ1) is 13.0. The highest BCUT2D eigenvalue weighted by atomic mass is 16.7. The van der Waals surface area contributed by atoms with E-state index in [1.165, 1.54) is 21.8 Å². The van der Waals surface area contributed by atoms with Crippen LogP contribution in [0.5, 0.6) is 0 Å². The number of aryl methyl sites for hydroxylation is 3. The molecular weight excluding hydrogens is 340 g/mol. The highest BCUT2D eigenvalue weighted by molar-refractivity contribution is 6.06. The van der Waals surface area contributed by atoms with Gasteiger partial charge in [0, 0.05) is 17.5 Å². The highest BCUT2D eigenvalue weighted by Crippen LogP contribution is 2.47. The molecule has 2 aromatic rings. The molecule has 2 fully saturated rings. The van der Waals surface area contributed by atoms with Gasteiger partial charge in [-0.1, -0.05) is 41.1 Å². The molecule has 5 heteroatoms. The second-order valence-corrected chi connectivity index (χ2v) is 7.79. The number of hydroxylamine groups is 2. The van der Waals surface area contributed by atoms with E-state index in [1.54, 1.807) is 0 Å². The molecule has 2 aliphatic heterocycles. The van der Waals surface area contributed by atoms with E-state index in [9.17, 15) is 4.79 Å². The summed E-state index contributed by atoms with van der Waals surface area (Å²) in [6, 6.07) is 13.5. The molecule has 0 N–H and O–H groups in total. The van der Waals surface area contributed by atoms with Crippen LogP contribution in [0, 0.1) is 26.7 Å². The van der Waals surface area contributed by atoms with Crippen LogP contribution in [0.4, 0.5) is 0 Å². The Labute approximate surface area is 158 Å². The Balaban J connectivity index is 1.43. The number of carbonyl (C=O) groups is 1. The van der Waals surface area contributed by atoms with Crippen LogP contribution in [0.25, 0.3) is 0 Å². The van der Waals surface area contributed by atoms with Crippen molar-refractivity contribution in [2.75, 3.05) is 0 Å². The van der Waals surface area contributed by atoms with Crippen LogP contribution in [0.15, 0.2) is 47.6 Å². The molecule has 1 amide bonds. The lowest BCUT2D eigenvalue weighted by Crippen LogP contribution is -2.49. The molecule has 138 valence electrons. The van der Waals surface area contributed by atoms with Crippen LogP contribution >= 0.6 is 0 Å². The van der Waals surface area contributed by atoms with E-state index >= 15 is 0 Å². The fraction of sp³-hybridized carbons (Fsp3) is 0.364. The van der Waals surface area contributed by atoms with Crippen molar-refractivity contribution in [1.82, 2.24) is 5.06 Å². The molecule has 2 heterocycles. The zero-order chi connectivity index (χ0) is 18.7. The van der Waals surface area contributed by atoms with Gasteiger partial charge in [-0.3, -0.25) is 9.63 Å². The summed E-state index contributed by atoms with van der Waals surface area (Å²) >= 11 is 0. The number of rotatable bonds is 2. The summed E-state index contributed by atoms with van der Waals surface area (Å²) in [5.74, 6) is -0.0313. The van der Waals surface area contributed by atoms with Crippen LogP contribution in [0.2, 0.25) is 0 Å². The third-order valence-electron chi connectivity index (χ3n) is 5.90. The number of hydrogen-bond acceptors (Lipinski definition) is 4. The Morgan fingerprint density at radius 1 is 1.11 bits per heavy atom. The summed E-state index contributed by atoms with van der Waals surface area (Å²) in [7, 11) is 0. The van der Waals surface area contributed by atoms with E-state index in [0.29, 0.717) is 5.56 Å². The van der Waals surface area contributed by atoms with Crippen molar-refractivity contribution < 1.29 is 14.5 Å². The minimum atomic E-state index is -0.133. The fourth-order valence-corrected chi connectivity index (χ4v) is 4.88. The van der Waals surface area contributed by atoms with Crippen LogP contribution in [-0.4, -0.2) is 34.9 Å². The highest BCUT2D eigenvalue weighted by Gasteiger charge is 2.61. The van der Waals surface area contributed by atoms with Crippen LogP contribution < -0.4 is 0 Å². The molecule has 2 bridgehead atoms. The van der Waals surface area contributed by atoms with Gasteiger partial charge >= 0.3 is 0 Å². The molecule has 1 saturated carbocycles. The molecule has 2 aromatic carbocycles. The van der Waals surface area contributed by atoms with E-state index in [0.717, 1.165) is 17.7 Å². The number of hydrogen-bond donors (Lipinski definition) is 0. The third kappa shape index (κ3) is 2.42. The maximum atomic E-state index is 12.8. The quantitative estimate of drug-likeness (QED) is 0.821. The van der Waals surface area contributed by atoms with Crippen molar-refractivity contribution in [3.63, 3.8) is 0 Å². The number of fused-ring (bicyclic) bond motifs is 5. The molecule has 27 heavy (non-hydrogen) atoms. The number of amides is 1. The van der Waals surface area contributed by atoms with Crippen molar-refractivity contribution >= 4 is 11.6 Å². The molecule has 1 saturated heterocycles. The molecule has 5 nitrogen and oxygen atoms in total. The lowest BCUT2D eigenvalue weighted by Gasteiger charge is -2.32. The maximum Gasteiger partial charge on any atom is 0.277 e. The molecule has 4 atom stereocenters. The van der Waals surface area contributed by atoms with Gasteiger partial charge in [-0.25, -0.2) is 5.06 Å². The molecule has 3 aliphatic rings. The minimum absolute atomic E-state index is 0.0750. The largest absolute Gasteiger partial charge is 0.389 e. The summed E-state index contributed by atoms with van der Waals surface area (Å²) in [6.07, 6.45) is 0.581. The Kier molecular flexibility index (Phi) is 3.62. The molecule has 0 aromatic heterocycles. The van der Waals surface area contributed by atoms with Crippen molar-refractivity contribution in [2.45, 2.75) is 45.4 Å². The monoisotopic (exact) mass is 362 g/mol. The Morgan fingerprint density at radius 2 is 1.81 bits per heavy atom. The zero-order valence-corrected chi connectivity index (χ0v) is 15.7. The average molecular weight is 362 g/mol. The predicted octanol–water partition coefficient (Wildman–Crippen LogP) is 3.56. The second kappa shape index (κ2) is 5.92. The predicted molar refractivity (Wildman–Crippen MR) is 101 cm³/mol. The van der Waals surface area contributed by atoms with Crippen molar-refractivity contribution in [3.8, 4) is 0 Å². The smallest absolute Gasteiger partial charge is 0.277 e. The normalized spacial score (nSPS) is 28.1. The lowest BCUT2D eigenvalue weighted by molar-refractivity contribution is -0.189. The van der Waals surface area contributed by atoms with Crippen molar-refractivity contribution in [1.29, 1.82) is 0 Å². The SMILES string of the molecule is Cc1cc(C)c(C2=NO[C@@H]3[C@H]2[C@@H]2C[C@H]3N(C(=O)c3ccccc3)O2)c(C)c1. The average Bonchev–Trinajstić information content (AvgIpc) is 3.33. The first-order valence-corrected chi connectivity index (χ1v) is 9.42. The van der Waals surface area contributed by atoms with Gasteiger partial charge in [0.05, 0.1) is 11.6 Å². The van der Waals surface area contributed by atoms with Crippen LogP contribution in [-0.2, 0) is 9.68 Å². The zero-order valence-electron chi connectivity index (χ0n) is 15.7. The van der Waals surface area contributed by atoms with E-state index in [4.69, 9.17) is 9.68 Å². The molecule has 5 rings (SSSR count). The summed E-state index contributed by atoms with van der Waals surface area (Å²) < 4.78 is 0. The van der Waals surface area contributed by atoms with Gasteiger partial charge in [-0.2, -0.15) is 0 Å². The van der Waals surface area contributed by atoms with Crippen LogP contribution in [0.1, 0.15) is 39.0 Å². The maximum absolute atomic E-state index is 12.8. The third-order valence-corrected chi connectivity index (χ3v) is 5.90. The Hall–Kier alpha value is -2.66. The number of oxime groups is 1. The van der Waals surface area contributed by atoms with Gasteiger partial charge in [0.1, 0.15) is 12.1 Å².